The van der Waals surface area contributed by atoms with Crippen molar-refractivity contribution >= 4 is 45.4 Å². The summed E-state index contributed by atoms with van der Waals surface area (Å²) in [5, 5.41) is 26.2. The first-order chi connectivity index (χ1) is 11.4. The van der Waals surface area contributed by atoms with Crippen LogP contribution in [0.3, 0.4) is 0 Å². The van der Waals surface area contributed by atoms with Crippen LogP contribution in [0.2, 0.25) is 0 Å². The van der Waals surface area contributed by atoms with E-state index in [9.17, 15) is 20.2 Å². The van der Waals surface area contributed by atoms with Crippen LogP contribution in [-0.2, 0) is 0 Å². The Morgan fingerprint density at radius 2 is 2.00 bits per heavy atom. The maximum absolute atomic E-state index is 11.1. The molecule has 24 heavy (non-hydrogen) atoms. The molecule has 0 radical (unpaired) electrons. The lowest BCUT2D eigenvalue weighted by Crippen LogP contribution is -2.04. The summed E-state index contributed by atoms with van der Waals surface area (Å²) in [6.45, 7) is 4.09. The molecule has 8 nitrogen and oxygen atoms in total. The number of unbranched alkanes of at least 4 members (excludes halogenated alkanes) is 1. The molecule has 0 aliphatic heterocycles. The predicted molar refractivity (Wildman–Crippen MR) is 103 cm³/mol. The molecule has 9 heteroatoms. The van der Waals surface area contributed by atoms with Crippen molar-refractivity contribution in [2.24, 2.45) is 5.10 Å². The number of hydrazone groups is 1. The molecule has 1 aromatic rings. The number of hydrogen-bond donors (Lipinski definition) is 1. The number of nitro groups is 2. The van der Waals surface area contributed by atoms with E-state index in [1.165, 1.54) is 12.1 Å². The van der Waals surface area contributed by atoms with Gasteiger partial charge >= 0.3 is 5.69 Å². The van der Waals surface area contributed by atoms with Crippen LogP contribution in [0.25, 0.3) is 0 Å². The van der Waals surface area contributed by atoms with Crippen molar-refractivity contribution in [3.05, 3.63) is 48.1 Å². The van der Waals surface area contributed by atoms with E-state index >= 15 is 0 Å². The van der Waals surface area contributed by atoms with Gasteiger partial charge in [-0.3, -0.25) is 25.7 Å². The van der Waals surface area contributed by atoms with Gasteiger partial charge in [-0.25, -0.2) is 0 Å². The summed E-state index contributed by atoms with van der Waals surface area (Å²) in [6, 6.07) is 3.44. The fraction of sp³-hybridized carbons (Fsp3) is 0.400. The van der Waals surface area contributed by atoms with Crippen molar-refractivity contribution in [3.63, 3.8) is 0 Å². The molecule has 1 rings (SSSR count). The fourth-order valence-electron chi connectivity index (χ4n) is 1.88. The molecule has 0 aliphatic carbocycles. The molecule has 0 atom stereocenters. The molecule has 0 saturated heterocycles. The van der Waals surface area contributed by atoms with E-state index < -0.39 is 9.85 Å². The maximum atomic E-state index is 11.1. The molecule has 130 valence electrons. The first kappa shape index (κ1) is 20.0. The zero-order chi connectivity index (χ0) is 18.1. The summed E-state index contributed by atoms with van der Waals surface area (Å²) < 4.78 is 0.987. The van der Waals surface area contributed by atoms with Gasteiger partial charge in [0.05, 0.1) is 21.6 Å². The van der Waals surface area contributed by atoms with Crippen molar-refractivity contribution in [1.29, 1.82) is 0 Å². The first-order valence-corrected chi connectivity index (χ1v) is 8.60. The van der Waals surface area contributed by atoms with Crippen LogP contribution in [-0.4, -0.2) is 15.6 Å². The highest BCUT2D eigenvalue weighted by Crippen LogP contribution is 2.29. The van der Waals surface area contributed by atoms with Crippen LogP contribution in [0, 0.1) is 20.2 Å². The third-order valence-electron chi connectivity index (χ3n) is 3.13. The monoisotopic (exact) mass is 446 g/mol. The lowest BCUT2D eigenvalue weighted by molar-refractivity contribution is -0.393. The molecule has 0 aliphatic rings. The predicted octanol–water partition coefficient (Wildman–Crippen LogP) is 5.19. The minimum atomic E-state index is -0.667. The topological polar surface area (TPSA) is 111 Å². The SMILES string of the molecule is CC/C=C(I)/C(CCCC)=N/Nc1ccc([N+](=O)[O-])cc1[N+](=O)[O-]. The summed E-state index contributed by atoms with van der Waals surface area (Å²) in [7, 11) is 0. The largest absolute Gasteiger partial charge is 0.301 e. The molecule has 0 amide bonds. The number of allylic oxidation sites excluding steroid dienone is 2. The van der Waals surface area contributed by atoms with Crippen molar-refractivity contribution in [1.82, 2.24) is 0 Å². The van der Waals surface area contributed by atoms with Gasteiger partial charge in [0.25, 0.3) is 5.69 Å². The molecular weight excluding hydrogens is 427 g/mol. The molecule has 1 N–H and O–H groups in total. The van der Waals surface area contributed by atoms with E-state index in [0.717, 1.165) is 41.0 Å². The highest BCUT2D eigenvalue weighted by atomic mass is 127. The summed E-state index contributed by atoms with van der Waals surface area (Å²) in [5.74, 6) is 0. The van der Waals surface area contributed by atoms with Gasteiger partial charge in [-0.1, -0.05) is 26.3 Å². The van der Waals surface area contributed by atoms with Crippen molar-refractivity contribution in [2.45, 2.75) is 39.5 Å². The highest BCUT2D eigenvalue weighted by molar-refractivity contribution is 14.1. The Hall–Kier alpha value is -2.04. The van der Waals surface area contributed by atoms with Crippen molar-refractivity contribution in [3.8, 4) is 0 Å². The Morgan fingerprint density at radius 1 is 1.29 bits per heavy atom. The average Bonchev–Trinajstić information content (AvgIpc) is 2.54. The lowest BCUT2D eigenvalue weighted by Gasteiger charge is -2.07. The minimum Gasteiger partial charge on any atom is -0.271 e. The molecule has 0 heterocycles. The number of benzene rings is 1. The van der Waals surface area contributed by atoms with Crippen LogP contribution in [0.5, 0.6) is 0 Å². The molecule has 0 unspecified atom stereocenters. The average molecular weight is 446 g/mol. The number of nitrogens with one attached hydrogen (secondary N) is 1. The number of hydrogen-bond acceptors (Lipinski definition) is 6. The summed E-state index contributed by atoms with van der Waals surface area (Å²) >= 11 is 2.19. The second kappa shape index (κ2) is 9.96. The van der Waals surface area contributed by atoms with Gasteiger partial charge in [-0.15, -0.1) is 0 Å². The number of halogens is 1. The quantitative estimate of drug-likeness (QED) is 0.243. The standard InChI is InChI=1S/C15H19IN4O4/c1-3-5-7-13(12(16)6-4-2)17-18-14-9-8-11(19(21)22)10-15(14)20(23)24/h6,8-10,18H,3-5,7H2,1-2H3/b12-6-,17-13+. The lowest BCUT2D eigenvalue weighted by atomic mass is 10.1. The van der Waals surface area contributed by atoms with E-state index in [0.29, 0.717) is 0 Å². The highest BCUT2D eigenvalue weighted by Gasteiger charge is 2.19. The van der Waals surface area contributed by atoms with Gasteiger partial charge in [0, 0.05) is 9.65 Å². The molecule has 0 saturated carbocycles. The summed E-state index contributed by atoms with van der Waals surface area (Å²) in [4.78, 5) is 20.6. The Balaban J connectivity index is 3.14. The second-order valence-electron chi connectivity index (χ2n) is 4.95. The third kappa shape index (κ3) is 5.87. The summed E-state index contributed by atoms with van der Waals surface area (Å²) in [5.41, 5.74) is 2.92. The van der Waals surface area contributed by atoms with Gasteiger partial charge in [-0.2, -0.15) is 5.10 Å². The Morgan fingerprint density at radius 3 is 2.54 bits per heavy atom. The van der Waals surface area contributed by atoms with E-state index in [4.69, 9.17) is 0 Å². The zero-order valence-corrected chi connectivity index (χ0v) is 15.6. The van der Waals surface area contributed by atoms with Gasteiger partial charge < -0.3 is 0 Å². The Bertz CT molecular complexity index is 673. The Labute approximate surface area is 153 Å². The smallest absolute Gasteiger partial charge is 0.271 e. The van der Waals surface area contributed by atoms with Crippen molar-refractivity contribution in [2.75, 3.05) is 5.43 Å². The number of non-ortho nitro benzene ring substituents is 1. The van der Waals surface area contributed by atoms with E-state index in [2.05, 4.69) is 40.0 Å². The van der Waals surface area contributed by atoms with Crippen molar-refractivity contribution < 1.29 is 9.85 Å². The molecule has 1 aromatic carbocycles. The number of rotatable bonds is 9. The normalized spacial score (nSPS) is 12.1. The molecular formula is C15H19IN4O4. The molecule has 0 bridgehead atoms. The Kier molecular flexibility index (Phi) is 8.30. The third-order valence-corrected chi connectivity index (χ3v) is 4.19. The number of nitro benzene ring substituents is 2. The van der Waals surface area contributed by atoms with Gasteiger partial charge in [0.2, 0.25) is 0 Å². The second-order valence-corrected chi connectivity index (χ2v) is 6.11. The van der Waals surface area contributed by atoms with Crippen LogP contribution >= 0.6 is 22.6 Å². The van der Waals surface area contributed by atoms with Crippen LogP contribution in [0.4, 0.5) is 17.1 Å². The fourth-order valence-corrected chi connectivity index (χ4v) is 2.71. The molecule has 0 fully saturated rings. The van der Waals surface area contributed by atoms with Crippen LogP contribution in [0.1, 0.15) is 39.5 Å². The first-order valence-electron chi connectivity index (χ1n) is 7.52. The van der Waals surface area contributed by atoms with Gasteiger partial charge in [0.15, 0.2) is 0 Å². The molecule has 0 spiro atoms. The van der Waals surface area contributed by atoms with E-state index in [1.807, 2.05) is 13.0 Å². The van der Waals surface area contributed by atoms with Gasteiger partial charge in [-0.05, 0) is 47.9 Å². The minimum absolute atomic E-state index is 0.125. The number of nitrogens with zero attached hydrogens (tertiary/aromatic N) is 3. The van der Waals surface area contributed by atoms with Crippen LogP contribution < -0.4 is 5.43 Å². The zero-order valence-electron chi connectivity index (χ0n) is 13.5. The molecule has 0 aromatic heterocycles. The van der Waals surface area contributed by atoms with E-state index in [-0.39, 0.29) is 17.1 Å². The van der Waals surface area contributed by atoms with Crippen LogP contribution in [0.15, 0.2) is 33.0 Å². The maximum Gasteiger partial charge on any atom is 0.301 e. The van der Waals surface area contributed by atoms with E-state index in [1.54, 1.807) is 0 Å². The number of anilines is 1. The van der Waals surface area contributed by atoms with Gasteiger partial charge in [0.1, 0.15) is 5.69 Å². The summed E-state index contributed by atoms with van der Waals surface area (Å²) in [6.07, 6.45) is 5.60.